The van der Waals surface area contributed by atoms with Crippen LogP contribution < -0.4 is 5.32 Å². The highest BCUT2D eigenvalue weighted by Gasteiger charge is 2.01. The fourth-order valence-corrected chi connectivity index (χ4v) is 1.37. The third kappa shape index (κ3) is 3.85. The van der Waals surface area contributed by atoms with E-state index in [1.54, 1.807) is 0 Å². The Morgan fingerprint density at radius 1 is 1.36 bits per heavy atom. The van der Waals surface area contributed by atoms with E-state index in [-0.39, 0.29) is 0 Å². The maximum atomic E-state index is 4.01. The van der Waals surface area contributed by atoms with Gasteiger partial charge in [-0.05, 0) is 31.3 Å². The summed E-state index contributed by atoms with van der Waals surface area (Å²) in [6.07, 6.45) is 3.70. The van der Waals surface area contributed by atoms with Crippen molar-refractivity contribution in [1.82, 2.24) is 15.2 Å². The van der Waals surface area contributed by atoms with Crippen molar-refractivity contribution >= 4 is 0 Å². The van der Waals surface area contributed by atoms with Crippen molar-refractivity contribution in [3.63, 3.8) is 0 Å². The van der Waals surface area contributed by atoms with Gasteiger partial charge in [0, 0.05) is 32.0 Å². The van der Waals surface area contributed by atoms with Gasteiger partial charge in [0.25, 0.3) is 0 Å². The van der Waals surface area contributed by atoms with Crippen LogP contribution in [0.1, 0.15) is 12.5 Å². The number of pyridine rings is 1. The molecular formula is C11H19N3. The number of likely N-dealkylation sites (N-methyl/N-ethyl adjacent to an activating group) is 2. The van der Waals surface area contributed by atoms with E-state index in [0.717, 1.165) is 26.2 Å². The van der Waals surface area contributed by atoms with Crippen molar-refractivity contribution in [1.29, 1.82) is 0 Å². The van der Waals surface area contributed by atoms with Crippen LogP contribution in [0.25, 0.3) is 0 Å². The maximum Gasteiger partial charge on any atom is 0.0271 e. The molecule has 0 aliphatic carbocycles. The summed E-state index contributed by atoms with van der Waals surface area (Å²) >= 11 is 0. The molecule has 0 aliphatic heterocycles. The second kappa shape index (κ2) is 6.51. The number of aromatic nitrogens is 1. The first-order valence-electron chi connectivity index (χ1n) is 5.12. The van der Waals surface area contributed by atoms with Crippen molar-refractivity contribution in [3.8, 4) is 0 Å². The lowest BCUT2D eigenvalue weighted by atomic mass is 10.2. The summed E-state index contributed by atoms with van der Waals surface area (Å²) in [6.45, 7) is 6.43. The Balaban J connectivity index is 2.40. The lowest BCUT2D eigenvalue weighted by molar-refractivity contribution is 0.282. The van der Waals surface area contributed by atoms with Gasteiger partial charge < -0.3 is 5.32 Å². The molecule has 1 aromatic rings. The lowest BCUT2D eigenvalue weighted by Gasteiger charge is -2.19. The van der Waals surface area contributed by atoms with E-state index in [0.29, 0.717) is 0 Å². The summed E-state index contributed by atoms with van der Waals surface area (Å²) in [6, 6.07) is 4.14. The predicted octanol–water partition coefficient (Wildman–Crippen LogP) is 1.12. The minimum absolute atomic E-state index is 1.01. The number of hydrogen-bond acceptors (Lipinski definition) is 3. The molecule has 0 fully saturated rings. The molecule has 14 heavy (non-hydrogen) atoms. The van der Waals surface area contributed by atoms with Gasteiger partial charge in [-0.3, -0.25) is 9.88 Å². The summed E-state index contributed by atoms with van der Waals surface area (Å²) in [5.41, 5.74) is 1.33. The van der Waals surface area contributed by atoms with Crippen LogP contribution in [0.2, 0.25) is 0 Å². The van der Waals surface area contributed by atoms with Crippen LogP contribution in [-0.2, 0) is 6.54 Å². The smallest absolute Gasteiger partial charge is 0.0271 e. The molecule has 0 aromatic carbocycles. The molecule has 0 bridgehead atoms. The molecule has 0 saturated carbocycles. The van der Waals surface area contributed by atoms with Gasteiger partial charge in [0.05, 0.1) is 0 Å². The zero-order valence-corrected chi connectivity index (χ0v) is 9.03. The number of nitrogens with zero attached hydrogens (tertiary/aromatic N) is 2. The third-order valence-corrected chi connectivity index (χ3v) is 2.28. The Morgan fingerprint density at radius 2 is 2.07 bits per heavy atom. The molecule has 78 valence electrons. The summed E-state index contributed by atoms with van der Waals surface area (Å²) in [5, 5.41) is 3.16. The number of rotatable bonds is 6. The molecule has 1 aromatic heterocycles. The van der Waals surface area contributed by atoms with Gasteiger partial charge in [-0.25, -0.2) is 0 Å². The molecule has 3 heteroatoms. The molecular weight excluding hydrogens is 174 g/mol. The fourth-order valence-electron chi connectivity index (χ4n) is 1.37. The van der Waals surface area contributed by atoms with Crippen molar-refractivity contribution in [2.45, 2.75) is 13.5 Å². The second-order valence-electron chi connectivity index (χ2n) is 3.33. The first kappa shape index (κ1) is 11.1. The normalized spacial score (nSPS) is 10.8. The highest BCUT2D eigenvalue weighted by molar-refractivity contribution is 5.09. The summed E-state index contributed by atoms with van der Waals surface area (Å²) in [4.78, 5) is 6.42. The van der Waals surface area contributed by atoms with Gasteiger partial charge in [-0.2, -0.15) is 0 Å². The number of hydrogen-bond donors (Lipinski definition) is 1. The topological polar surface area (TPSA) is 28.2 Å². The molecule has 0 radical (unpaired) electrons. The Morgan fingerprint density at radius 3 is 2.64 bits per heavy atom. The highest BCUT2D eigenvalue weighted by Crippen LogP contribution is 2.01. The lowest BCUT2D eigenvalue weighted by Crippen LogP contribution is -2.30. The van der Waals surface area contributed by atoms with E-state index in [1.165, 1.54) is 5.56 Å². The average molecular weight is 193 g/mol. The fraction of sp³-hybridized carbons (Fsp3) is 0.545. The van der Waals surface area contributed by atoms with E-state index in [4.69, 9.17) is 0 Å². The van der Waals surface area contributed by atoms with Crippen LogP contribution in [0, 0.1) is 0 Å². The van der Waals surface area contributed by atoms with Gasteiger partial charge in [-0.1, -0.05) is 6.92 Å². The largest absolute Gasteiger partial charge is 0.318 e. The van der Waals surface area contributed by atoms with E-state index < -0.39 is 0 Å². The van der Waals surface area contributed by atoms with Crippen molar-refractivity contribution in [3.05, 3.63) is 30.1 Å². The SMILES string of the molecule is CCN(CCNC)Cc1ccncc1. The molecule has 0 aliphatic rings. The molecule has 1 heterocycles. The van der Waals surface area contributed by atoms with Crippen LogP contribution in [0.15, 0.2) is 24.5 Å². The van der Waals surface area contributed by atoms with Gasteiger partial charge >= 0.3 is 0 Å². The van der Waals surface area contributed by atoms with E-state index in [2.05, 4.69) is 34.3 Å². The standard InChI is InChI=1S/C11H19N3/c1-3-14(9-8-12-2)10-11-4-6-13-7-5-11/h4-7,12H,3,8-10H2,1-2H3. The molecule has 0 saturated heterocycles. The summed E-state index contributed by atoms with van der Waals surface area (Å²) in [7, 11) is 1.99. The molecule has 0 spiro atoms. The summed E-state index contributed by atoms with van der Waals surface area (Å²) < 4.78 is 0. The quantitative estimate of drug-likeness (QED) is 0.734. The van der Waals surface area contributed by atoms with Crippen LogP contribution in [0.3, 0.4) is 0 Å². The zero-order chi connectivity index (χ0) is 10.2. The van der Waals surface area contributed by atoms with Crippen molar-refractivity contribution in [2.24, 2.45) is 0 Å². The second-order valence-corrected chi connectivity index (χ2v) is 3.33. The van der Waals surface area contributed by atoms with Crippen LogP contribution in [-0.4, -0.2) is 36.6 Å². The van der Waals surface area contributed by atoms with Crippen LogP contribution in [0.5, 0.6) is 0 Å². The van der Waals surface area contributed by atoms with Crippen LogP contribution >= 0.6 is 0 Å². The van der Waals surface area contributed by atoms with E-state index >= 15 is 0 Å². The minimum atomic E-state index is 1.01. The Kier molecular flexibility index (Phi) is 5.19. The predicted molar refractivity (Wildman–Crippen MR) is 59.1 cm³/mol. The molecule has 3 nitrogen and oxygen atoms in total. The molecule has 1 N–H and O–H groups in total. The highest BCUT2D eigenvalue weighted by atomic mass is 15.1. The minimum Gasteiger partial charge on any atom is -0.318 e. The van der Waals surface area contributed by atoms with Crippen LogP contribution in [0.4, 0.5) is 0 Å². The Labute approximate surface area is 86.2 Å². The molecule has 0 atom stereocenters. The monoisotopic (exact) mass is 193 g/mol. The van der Waals surface area contributed by atoms with Gasteiger partial charge in [0.15, 0.2) is 0 Å². The number of nitrogens with one attached hydrogen (secondary N) is 1. The first-order valence-corrected chi connectivity index (χ1v) is 5.12. The zero-order valence-electron chi connectivity index (χ0n) is 9.03. The Bertz CT molecular complexity index is 236. The molecule has 0 unspecified atom stereocenters. The summed E-state index contributed by atoms with van der Waals surface area (Å²) in [5.74, 6) is 0. The molecule has 0 amide bonds. The third-order valence-electron chi connectivity index (χ3n) is 2.28. The van der Waals surface area contributed by atoms with Gasteiger partial charge in [0.2, 0.25) is 0 Å². The van der Waals surface area contributed by atoms with E-state index in [1.807, 2.05) is 19.4 Å². The van der Waals surface area contributed by atoms with Crippen molar-refractivity contribution in [2.75, 3.05) is 26.7 Å². The Hall–Kier alpha value is -0.930. The van der Waals surface area contributed by atoms with Crippen molar-refractivity contribution < 1.29 is 0 Å². The van der Waals surface area contributed by atoms with Gasteiger partial charge in [0.1, 0.15) is 0 Å². The maximum absolute atomic E-state index is 4.01. The molecule has 1 rings (SSSR count). The van der Waals surface area contributed by atoms with E-state index in [9.17, 15) is 0 Å². The first-order chi connectivity index (χ1) is 6.86. The van der Waals surface area contributed by atoms with Gasteiger partial charge in [-0.15, -0.1) is 0 Å². The average Bonchev–Trinajstić information content (AvgIpc) is 2.25.